The molecule has 1 aromatic carbocycles. The van der Waals surface area contributed by atoms with Crippen molar-refractivity contribution >= 4 is 56.5 Å². The number of nitrogens with zero attached hydrogens (tertiary/aromatic N) is 3. The van der Waals surface area contributed by atoms with Gasteiger partial charge in [-0.2, -0.15) is 4.99 Å². The molecule has 0 radical (unpaired) electrons. The number of guanidine groups is 1. The van der Waals surface area contributed by atoms with Crippen LogP contribution in [0.5, 0.6) is 0 Å². The zero-order valence-corrected chi connectivity index (χ0v) is 22.8. The first kappa shape index (κ1) is 24.0. The molecule has 4 heterocycles. The lowest BCUT2D eigenvalue weighted by molar-refractivity contribution is 0.244. The summed E-state index contributed by atoms with van der Waals surface area (Å²) in [6.45, 7) is 3.83. The number of aromatic amines is 1. The van der Waals surface area contributed by atoms with Crippen LogP contribution in [0.25, 0.3) is 10.9 Å². The highest BCUT2D eigenvalue weighted by atomic mass is 127. The molecule has 188 valence electrons. The number of nitrogens with one attached hydrogen (secondary N) is 2. The first-order chi connectivity index (χ1) is 16.9. The number of likely N-dealkylation sites (tertiary alicyclic amines) is 1. The molecular formula is C25H31FIN5O2S. The predicted octanol–water partition coefficient (Wildman–Crippen LogP) is 3.58. The fourth-order valence-corrected chi connectivity index (χ4v) is 8.69. The van der Waals surface area contributed by atoms with Gasteiger partial charge in [-0.3, -0.25) is 0 Å². The van der Waals surface area contributed by atoms with Crippen LogP contribution in [0.3, 0.4) is 0 Å². The largest absolute Gasteiger partial charge is 0.615 e. The Morgan fingerprint density at radius 2 is 2.09 bits per heavy atom. The summed E-state index contributed by atoms with van der Waals surface area (Å²) in [6, 6.07) is 4.94. The third-order valence-corrected chi connectivity index (χ3v) is 12.5. The molecule has 3 fully saturated rings. The minimum atomic E-state index is -1.06. The molecule has 0 bridgehead atoms. The Bertz CT molecular complexity index is 1210. The molecule has 1 aliphatic carbocycles. The van der Waals surface area contributed by atoms with E-state index in [1.54, 1.807) is 6.07 Å². The van der Waals surface area contributed by atoms with Gasteiger partial charge in [-0.05, 0) is 95.6 Å². The number of aromatic nitrogens is 1. The van der Waals surface area contributed by atoms with Crippen molar-refractivity contribution in [2.45, 2.75) is 65.7 Å². The molecule has 4 aliphatic rings. The average molecular weight is 612 g/mol. The number of aliphatic hydroxyl groups excluding tert-OH is 1. The van der Waals surface area contributed by atoms with Gasteiger partial charge in [0.2, 0.25) is 5.96 Å². The number of piperidine rings is 1. The van der Waals surface area contributed by atoms with Crippen LogP contribution in [0.4, 0.5) is 4.39 Å². The van der Waals surface area contributed by atoms with Crippen molar-refractivity contribution in [3.63, 3.8) is 0 Å². The normalized spacial score (nSPS) is 30.3. The molecule has 3 atom stereocenters. The van der Waals surface area contributed by atoms with Gasteiger partial charge in [0.15, 0.2) is 5.84 Å². The van der Waals surface area contributed by atoms with Crippen molar-refractivity contribution in [1.29, 1.82) is 0 Å². The van der Waals surface area contributed by atoms with Crippen molar-refractivity contribution in [1.82, 2.24) is 15.2 Å². The van der Waals surface area contributed by atoms with E-state index >= 15 is 0 Å². The van der Waals surface area contributed by atoms with Gasteiger partial charge >= 0.3 is 0 Å². The summed E-state index contributed by atoms with van der Waals surface area (Å²) in [4.78, 5) is 15.7. The highest BCUT2D eigenvalue weighted by Crippen LogP contribution is 2.46. The number of hydrogen-bond acceptors (Lipinski definition) is 6. The van der Waals surface area contributed by atoms with E-state index in [1.807, 2.05) is 6.07 Å². The number of benzene rings is 1. The van der Waals surface area contributed by atoms with Crippen molar-refractivity contribution < 1.29 is 14.0 Å². The molecule has 1 aromatic heterocycles. The number of rotatable bonds is 4. The molecule has 3 N–H and O–H groups in total. The van der Waals surface area contributed by atoms with E-state index in [1.165, 1.54) is 17.3 Å². The van der Waals surface area contributed by atoms with Gasteiger partial charge in [0.1, 0.15) is 17.6 Å². The minimum Gasteiger partial charge on any atom is -0.615 e. The lowest BCUT2D eigenvalue weighted by Gasteiger charge is -2.38. The zero-order chi connectivity index (χ0) is 24.4. The molecule has 10 heteroatoms. The second kappa shape index (κ2) is 8.88. The van der Waals surface area contributed by atoms with Crippen LogP contribution < -0.4 is 5.32 Å². The first-order valence-corrected chi connectivity index (χ1v) is 14.9. The molecule has 3 aliphatic heterocycles. The van der Waals surface area contributed by atoms with E-state index in [2.05, 4.69) is 44.7 Å². The van der Waals surface area contributed by atoms with Crippen LogP contribution in [0.2, 0.25) is 0 Å². The van der Waals surface area contributed by atoms with E-state index in [9.17, 15) is 14.0 Å². The van der Waals surface area contributed by atoms with E-state index in [0.29, 0.717) is 11.7 Å². The fourth-order valence-electron chi connectivity index (χ4n) is 5.81. The van der Waals surface area contributed by atoms with E-state index in [-0.39, 0.29) is 24.0 Å². The summed E-state index contributed by atoms with van der Waals surface area (Å²) in [5, 5.41) is 14.4. The molecule has 35 heavy (non-hydrogen) atoms. The average Bonchev–Trinajstić information content (AvgIpc) is 3.46. The van der Waals surface area contributed by atoms with Crippen LogP contribution in [0.15, 0.2) is 28.2 Å². The first-order valence-electron chi connectivity index (χ1n) is 12.6. The third-order valence-electron chi connectivity index (χ3n) is 8.10. The SMILES string of the molecule is CCc1[nH]c2ccc(F)cc2c1C1CCN(C2=NC3CC[S+]([O-])C3(I)C(NC3(CO)CC3)=N2)CC1. The number of H-pyrrole nitrogens is 1. The van der Waals surface area contributed by atoms with Crippen molar-refractivity contribution in [3.8, 4) is 0 Å². The number of alkyl halides is 1. The second-order valence-electron chi connectivity index (χ2n) is 10.3. The number of aliphatic imine (C=N–C) groups is 2. The summed E-state index contributed by atoms with van der Waals surface area (Å²) >= 11 is 1.23. The van der Waals surface area contributed by atoms with Crippen LogP contribution in [-0.4, -0.2) is 71.1 Å². The highest BCUT2D eigenvalue weighted by Gasteiger charge is 2.61. The van der Waals surface area contributed by atoms with Gasteiger partial charge in [-0.25, -0.2) is 9.38 Å². The Morgan fingerprint density at radius 1 is 1.31 bits per heavy atom. The van der Waals surface area contributed by atoms with Crippen molar-refractivity contribution in [2.75, 3.05) is 25.4 Å². The Labute approximate surface area is 221 Å². The molecule has 3 unspecified atom stereocenters. The number of aryl methyl sites for hydroxylation is 1. The third kappa shape index (κ3) is 3.99. The molecule has 2 saturated heterocycles. The van der Waals surface area contributed by atoms with Crippen molar-refractivity contribution in [3.05, 3.63) is 35.3 Å². The Balaban J connectivity index is 1.25. The molecular weight excluding hydrogens is 580 g/mol. The maximum Gasteiger partial charge on any atom is 0.253 e. The molecule has 7 nitrogen and oxygen atoms in total. The summed E-state index contributed by atoms with van der Waals surface area (Å²) in [7, 11) is 0. The Morgan fingerprint density at radius 3 is 2.77 bits per heavy atom. The highest BCUT2D eigenvalue weighted by molar-refractivity contribution is 14.1. The molecule has 2 aromatic rings. The van der Waals surface area contributed by atoms with Crippen LogP contribution >= 0.6 is 22.6 Å². The monoisotopic (exact) mass is 611 g/mol. The van der Waals surface area contributed by atoms with Crippen LogP contribution in [0.1, 0.15) is 56.2 Å². The number of halogens is 2. The minimum absolute atomic E-state index is 0.0545. The maximum atomic E-state index is 14.1. The Hall–Kier alpha value is -1.37. The second-order valence-corrected chi connectivity index (χ2v) is 14.5. The van der Waals surface area contributed by atoms with Crippen LogP contribution in [-0.2, 0) is 17.6 Å². The van der Waals surface area contributed by atoms with Gasteiger partial charge in [0.25, 0.3) is 2.75 Å². The van der Waals surface area contributed by atoms with Gasteiger partial charge in [-0.1, -0.05) is 6.92 Å². The maximum absolute atomic E-state index is 14.1. The number of aliphatic hydroxyl groups is 1. The lowest BCUT2D eigenvalue weighted by atomic mass is 9.87. The lowest BCUT2D eigenvalue weighted by Crippen LogP contribution is -2.58. The molecule has 1 saturated carbocycles. The quantitative estimate of drug-likeness (QED) is 0.280. The summed E-state index contributed by atoms with van der Waals surface area (Å²) < 4.78 is 26.4. The van der Waals surface area contributed by atoms with Gasteiger partial charge in [-0.15, -0.1) is 0 Å². The Kier molecular flexibility index (Phi) is 6.09. The van der Waals surface area contributed by atoms with E-state index in [0.717, 1.165) is 74.3 Å². The molecule has 0 amide bonds. The standard InChI is InChI=1S/C25H31FIN5O2S/c1-2-18-21(17-13-16(26)3-4-19(17)28-18)15-5-10-32(11-6-15)23-29-20-7-12-35(34)25(20,27)22(30-23)31-24(14-33)8-9-24/h3-4,13,15,20,28,33H,2,5-12,14H2,1H3,(H,29,30,31). The van der Waals surface area contributed by atoms with Crippen molar-refractivity contribution in [2.24, 2.45) is 9.98 Å². The van der Waals surface area contributed by atoms with Gasteiger partial charge in [0, 0.05) is 36.1 Å². The summed E-state index contributed by atoms with van der Waals surface area (Å²) in [6.07, 6.45) is 5.36. The summed E-state index contributed by atoms with van der Waals surface area (Å²) in [5.74, 6) is 2.22. The van der Waals surface area contributed by atoms with E-state index < -0.39 is 13.9 Å². The number of fused-ring (bicyclic) bond motifs is 2. The van der Waals surface area contributed by atoms with E-state index in [4.69, 9.17) is 9.98 Å². The molecule has 6 rings (SSSR count). The fraction of sp³-hybridized carbons (Fsp3) is 0.600. The van der Waals surface area contributed by atoms with Gasteiger partial charge < -0.3 is 24.9 Å². The topological polar surface area (TPSA) is 99.1 Å². The summed E-state index contributed by atoms with van der Waals surface area (Å²) in [5.41, 5.74) is 3.13. The zero-order valence-electron chi connectivity index (χ0n) is 19.8. The predicted molar refractivity (Wildman–Crippen MR) is 146 cm³/mol. The smallest absolute Gasteiger partial charge is 0.253 e. The molecule has 0 spiro atoms. The van der Waals surface area contributed by atoms with Gasteiger partial charge in [0.05, 0.1) is 12.1 Å². The van der Waals surface area contributed by atoms with Crippen LogP contribution in [0, 0.1) is 5.82 Å². The number of hydrogen-bond donors (Lipinski definition) is 3. The number of amidine groups is 1.